The van der Waals surface area contributed by atoms with Gasteiger partial charge in [-0.3, -0.25) is 9.59 Å². The minimum atomic E-state index is -0.0511. The lowest BCUT2D eigenvalue weighted by Gasteiger charge is -2.24. The summed E-state index contributed by atoms with van der Waals surface area (Å²) in [6.07, 6.45) is 12.2. The maximum Gasteiger partial charge on any atom is 0.308 e. The number of rotatable bonds is 6. The first-order chi connectivity index (χ1) is 15.2. The van der Waals surface area contributed by atoms with Gasteiger partial charge in [-0.25, -0.2) is 0 Å². The maximum atomic E-state index is 11.4. The zero-order chi connectivity index (χ0) is 23.4. The van der Waals surface area contributed by atoms with E-state index in [1.807, 2.05) is 27.7 Å². The smallest absolute Gasteiger partial charge is 0.308 e. The van der Waals surface area contributed by atoms with Gasteiger partial charge in [0.1, 0.15) is 0 Å². The van der Waals surface area contributed by atoms with Crippen molar-refractivity contribution >= 4 is 11.9 Å². The van der Waals surface area contributed by atoms with Crippen molar-refractivity contribution in [1.82, 2.24) is 0 Å². The average Bonchev–Trinajstić information content (AvgIpc) is 3.55. The molecule has 6 atom stereocenters. The zero-order valence-electron chi connectivity index (χ0n) is 21.1. The van der Waals surface area contributed by atoms with Gasteiger partial charge in [-0.2, -0.15) is 0 Å². The summed E-state index contributed by atoms with van der Waals surface area (Å²) < 4.78 is 10.7. The molecule has 0 radical (unpaired) electrons. The van der Waals surface area contributed by atoms with Crippen molar-refractivity contribution in [2.24, 2.45) is 47.3 Å². The van der Waals surface area contributed by atoms with Crippen LogP contribution in [0.2, 0.25) is 0 Å². The molecule has 0 saturated heterocycles. The van der Waals surface area contributed by atoms with Crippen molar-refractivity contribution in [3.8, 4) is 0 Å². The lowest BCUT2D eigenvalue weighted by molar-refractivity contribution is -0.150. The molecular formula is C28H44O4. The van der Waals surface area contributed by atoms with E-state index >= 15 is 0 Å². The van der Waals surface area contributed by atoms with Gasteiger partial charge in [0.25, 0.3) is 0 Å². The highest BCUT2D eigenvalue weighted by Crippen LogP contribution is 2.52. The number of allylic oxidation sites excluding steroid dienone is 4. The van der Waals surface area contributed by atoms with Crippen LogP contribution in [0.5, 0.6) is 0 Å². The number of carbonyl (C=O) groups is 2. The second-order valence-corrected chi connectivity index (χ2v) is 11.1. The van der Waals surface area contributed by atoms with E-state index in [9.17, 15) is 9.59 Å². The molecule has 0 aliphatic heterocycles. The number of ether oxygens (including phenoxy) is 2. The standard InChI is InChI=1S/2C14H22O2/c1-4-11-5-10-6-12(13(11)7-10)8-16-14(15)9(2)3;1-4-10-5-12-6-11(10)7-13(12)8-16-14(15)9(2)3/h4,9-10,12-13H,5-8H2,1-3H3;4,9,11-13H,5-8H2,1-3H3. The molecule has 180 valence electrons. The fourth-order valence-corrected chi connectivity index (χ4v) is 6.37. The third-order valence-corrected chi connectivity index (χ3v) is 8.22. The summed E-state index contributed by atoms with van der Waals surface area (Å²) in [5.74, 6) is 4.25. The fraction of sp³-hybridized carbons (Fsp3) is 0.786. The highest BCUT2D eigenvalue weighted by molar-refractivity contribution is 5.71. The Labute approximate surface area is 195 Å². The van der Waals surface area contributed by atoms with Gasteiger partial charge in [0.05, 0.1) is 25.0 Å². The summed E-state index contributed by atoms with van der Waals surface area (Å²) in [5.41, 5.74) is 3.23. The summed E-state index contributed by atoms with van der Waals surface area (Å²) in [4.78, 5) is 22.8. The Kier molecular flexibility index (Phi) is 8.63. The predicted octanol–water partition coefficient (Wildman–Crippen LogP) is 6.36. The Morgan fingerprint density at radius 1 is 0.812 bits per heavy atom. The first-order valence-corrected chi connectivity index (χ1v) is 12.9. The van der Waals surface area contributed by atoms with E-state index in [1.54, 1.807) is 11.1 Å². The number of esters is 2. The van der Waals surface area contributed by atoms with Crippen LogP contribution in [0.15, 0.2) is 23.3 Å². The molecular weight excluding hydrogens is 400 g/mol. The largest absolute Gasteiger partial charge is 0.465 e. The van der Waals surface area contributed by atoms with Crippen molar-refractivity contribution in [3.05, 3.63) is 23.3 Å². The predicted molar refractivity (Wildman–Crippen MR) is 128 cm³/mol. The Morgan fingerprint density at radius 2 is 1.41 bits per heavy atom. The minimum Gasteiger partial charge on any atom is -0.465 e. The van der Waals surface area contributed by atoms with Crippen molar-refractivity contribution in [3.63, 3.8) is 0 Å². The molecule has 0 aromatic rings. The molecule has 6 unspecified atom stereocenters. The van der Waals surface area contributed by atoms with Crippen LogP contribution in [0, 0.1) is 47.3 Å². The number of hydrogen-bond donors (Lipinski definition) is 0. The second-order valence-electron chi connectivity index (χ2n) is 11.1. The molecule has 4 saturated carbocycles. The van der Waals surface area contributed by atoms with E-state index in [0.717, 1.165) is 17.8 Å². The molecule has 4 aliphatic rings. The van der Waals surface area contributed by atoms with Crippen LogP contribution in [0.4, 0.5) is 0 Å². The fourth-order valence-electron chi connectivity index (χ4n) is 6.37. The highest BCUT2D eigenvalue weighted by Gasteiger charge is 2.43. The third kappa shape index (κ3) is 5.85. The molecule has 4 bridgehead atoms. The van der Waals surface area contributed by atoms with Gasteiger partial charge in [0.15, 0.2) is 0 Å². The van der Waals surface area contributed by atoms with Crippen molar-refractivity contribution in [2.45, 2.75) is 80.1 Å². The zero-order valence-corrected chi connectivity index (χ0v) is 21.1. The molecule has 4 nitrogen and oxygen atoms in total. The molecule has 4 rings (SSSR count). The molecule has 4 fully saturated rings. The lowest BCUT2D eigenvalue weighted by atomic mass is 9.85. The van der Waals surface area contributed by atoms with Crippen LogP contribution in [0.3, 0.4) is 0 Å². The minimum absolute atomic E-state index is 0.000205. The maximum absolute atomic E-state index is 11.4. The van der Waals surface area contributed by atoms with Gasteiger partial charge in [-0.15, -0.1) is 0 Å². The van der Waals surface area contributed by atoms with Gasteiger partial charge < -0.3 is 9.47 Å². The van der Waals surface area contributed by atoms with Crippen LogP contribution in [-0.4, -0.2) is 25.2 Å². The van der Waals surface area contributed by atoms with Crippen molar-refractivity contribution in [1.29, 1.82) is 0 Å². The number of hydrogen-bond acceptors (Lipinski definition) is 4. The Balaban J connectivity index is 0.000000181. The Hall–Kier alpha value is -1.58. The normalized spacial score (nSPS) is 35.0. The van der Waals surface area contributed by atoms with Gasteiger partial charge in [-0.05, 0) is 87.9 Å². The molecule has 32 heavy (non-hydrogen) atoms. The summed E-state index contributed by atoms with van der Waals surface area (Å²) in [5, 5.41) is 0. The Bertz CT molecular complexity index is 732. The molecule has 0 aromatic heterocycles. The van der Waals surface area contributed by atoms with Crippen molar-refractivity contribution in [2.75, 3.05) is 13.2 Å². The van der Waals surface area contributed by atoms with Crippen LogP contribution in [0.1, 0.15) is 80.1 Å². The quantitative estimate of drug-likeness (QED) is 0.353. The monoisotopic (exact) mass is 444 g/mol. The molecule has 0 N–H and O–H groups in total. The van der Waals surface area contributed by atoms with Gasteiger partial charge in [0.2, 0.25) is 0 Å². The second kappa shape index (κ2) is 11.0. The van der Waals surface area contributed by atoms with E-state index < -0.39 is 0 Å². The molecule has 0 aromatic carbocycles. The molecule has 0 amide bonds. The summed E-state index contributed by atoms with van der Waals surface area (Å²) in [6, 6.07) is 0. The SMILES string of the molecule is CC=C1CC2CC(COC(=O)C(C)C)C1C2.CC=C1CC2CC1CC2COC(=O)C(C)C. The van der Waals surface area contributed by atoms with Gasteiger partial charge in [-0.1, -0.05) is 51.0 Å². The first kappa shape index (κ1) is 25.1. The lowest BCUT2D eigenvalue weighted by Crippen LogP contribution is -2.22. The number of carbonyl (C=O) groups excluding carboxylic acids is 2. The van der Waals surface area contributed by atoms with Crippen molar-refractivity contribution < 1.29 is 19.1 Å². The Morgan fingerprint density at radius 3 is 1.88 bits per heavy atom. The van der Waals surface area contributed by atoms with Gasteiger partial charge >= 0.3 is 11.9 Å². The number of fused-ring (bicyclic) bond motifs is 4. The van der Waals surface area contributed by atoms with E-state index in [-0.39, 0.29) is 23.8 Å². The highest BCUT2D eigenvalue weighted by atomic mass is 16.5. The molecule has 4 heteroatoms. The summed E-state index contributed by atoms with van der Waals surface area (Å²) in [7, 11) is 0. The molecule has 0 spiro atoms. The first-order valence-electron chi connectivity index (χ1n) is 12.9. The van der Waals surface area contributed by atoms with Crippen LogP contribution in [-0.2, 0) is 19.1 Å². The van der Waals surface area contributed by atoms with Crippen LogP contribution >= 0.6 is 0 Å². The topological polar surface area (TPSA) is 52.6 Å². The van der Waals surface area contributed by atoms with E-state index in [1.165, 1.54) is 38.5 Å². The summed E-state index contributed by atoms with van der Waals surface area (Å²) in [6.45, 7) is 13.1. The van der Waals surface area contributed by atoms with Crippen LogP contribution in [0.25, 0.3) is 0 Å². The third-order valence-electron chi connectivity index (χ3n) is 8.22. The average molecular weight is 445 g/mol. The summed E-state index contributed by atoms with van der Waals surface area (Å²) >= 11 is 0. The van der Waals surface area contributed by atoms with Gasteiger partial charge in [0, 0.05) is 0 Å². The van der Waals surface area contributed by atoms with E-state index in [4.69, 9.17) is 9.47 Å². The molecule has 0 heterocycles. The van der Waals surface area contributed by atoms with Crippen LogP contribution < -0.4 is 0 Å². The van der Waals surface area contributed by atoms with E-state index in [2.05, 4.69) is 26.0 Å². The molecule has 4 aliphatic carbocycles. The van der Waals surface area contributed by atoms with E-state index in [0.29, 0.717) is 31.0 Å².